The molecule has 10 atom stereocenters. The maximum absolute atomic E-state index is 16.8. The van der Waals surface area contributed by atoms with Gasteiger partial charge in [-0.25, -0.2) is 33.3 Å². The van der Waals surface area contributed by atoms with E-state index >= 15 is 8.78 Å². The first-order chi connectivity index (χ1) is 30.6. The van der Waals surface area contributed by atoms with Crippen molar-refractivity contribution in [1.82, 2.24) is 44.4 Å². The molecule has 0 spiro atoms. The van der Waals surface area contributed by atoms with Crippen LogP contribution in [0.4, 0.5) is 26.2 Å². The molecule has 4 aromatic heterocycles. The summed E-state index contributed by atoms with van der Waals surface area (Å²) in [5, 5.41) is 5.29. The molecule has 7 N–H and O–H groups in total. The third-order valence-electron chi connectivity index (χ3n) is 10.4. The van der Waals surface area contributed by atoms with Crippen LogP contribution in [0.25, 0.3) is 22.3 Å². The zero-order valence-electron chi connectivity index (χ0n) is 34.2. The predicted octanol–water partition coefficient (Wildman–Crippen LogP) is 2.83. The van der Waals surface area contributed by atoms with E-state index in [1.165, 1.54) is 10.9 Å². The van der Waals surface area contributed by atoms with Gasteiger partial charge in [-0.2, -0.15) is 4.98 Å². The van der Waals surface area contributed by atoms with Gasteiger partial charge < -0.3 is 40.6 Å². The highest BCUT2D eigenvalue weighted by molar-refractivity contribution is 8.54. The smallest absolute Gasteiger partial charge is 0.382 e. The molecule has 64 heavy (non-hydrogen) atoms. The van der Waals surface area contributed by atoms with Crippen molar-refractivity contribution in [3.05, 3.63) is 59.2 Å². The van der Waals surface area contributed by atoms with E-state index in [1.807, 2.05) is 6.92 Å². The average molecular weight is 951 g/mol. The van der Waals surface area contributed by atoms with Crippen LogP contribution in [0.1, 0.15) is 50.6 Å². The Kier molecular flexibility index (Phi) is 13.5. The van der Waals surface area contributed by atoms with Gasteiger partial charge in [0, 0.05) is 17.9 Å². The summed E-state index contributed by atoms with van der Waals surface area (Å²) in [7, 11) is -3.17. The maximum atomic E-state index is 16.8. The molecule has 3 aliphatic heterocycles. The van der Waals surface area contributed by atoms with Crippen molar-refractivity contribution in [2.24, 2.45) is 0 Å². The number of imidazole rings is 2. The van der Waals surface area contributed by atoms with Gasteiger partial charge in [-0.1, -0.05) is 31.9 Å². The number of anilines is 3. The van der Waals surface area contributed by atoms with Crippen LogP contribution in [0, 0.1) is 0 Å². The monoisotopic (exact) mass is 950 g/mol. The van der Waals surface area contributed by atoms with E-state index < -0.39 is 88.2 Å². The Hall–Kier alpha value is -4.85. The van der Waals surface area contributed by atoms with Crippen LogP contribution in [0.2, 0.25) is 0 Å². The third kappa shape index (κ3) is 9.87. The van der Waals surface area contributed by atoms with Crippen LogP contribution in [-0.4, -0.2) is 115 Å². The van der Waals surface area contributed by atoms with Crippen LogP contribution in [0.15, 0.2) is 48.0 Å². The molecular weight excluding hydrogens is 907 g/mol. The lowest BCUT2D eigenvalue weighted by molar-refractivity contribution is -0.124. The lowest BCUT2D eigenvalue weighted by atomic mass is 10.1. The van der Waals surface area contributed by atoms with E-state index in [0.29, 0.717) is 29.1 Å². The number of nitrogens with zero attached hydrogens (tertiary/aromatic N) is 7. The number of ether oxygens (including phenoxy) is 2. The van der Waals surface area contributed by atoms with Crippen LogP contribution >= 0.6 is 25.7 Å². The van der Waals surface area contributed by atoms with Gasteiger partial charge in [0.1, 0.15) is 36.3 Å². The first-order valence-corrected chi connectivity index (χ1v) is 25.1. The van der Waals surface area contributed by atoms with Crippen LogP contribution in [-0.2, 0) is 52.0 Å². The molecule has 1 aromatic carbocycles. The summed E-state index contributed by atoms with van der Waals surface area (Å²) in [5.74, 6) is -0.971. The number of hydrogen-bond acceptors (Lipinski definition) is 19. The first-order valence-electron chi connectivity index (χ1n) is 20.0. The van der Waals surface area contributed by atoms with Crippen LogP contribution in [0.3, 0.4) is 0 Å². The number of carbonyl (C=O) groups is 2. The molecule has 2 amide bonds. The molecule has 3 fully saturated rings. The highest BCUT2D eigenvalue weighted by Gasteiger charge is 2.54. The molecule has 23 nitrogen and oxygen atoms in total. The molecule has 0 bridgehead atoms. The van der Waals surface area contributed by atoms with E-state index in [1.54, 1.807) is 24.3 Å². The van der Waals surface area contributed by atoms with Crippen molar-refractivity contribution in [2.75, 3.05) is 36.5 Å². The number of benzene rings is 1. The minimum Gasteiger partial charge on any atom is -0.382 e. The molecule has 0 radical (unpaired) electrons. The highest BCUT2D eigenvalue weighted by atomic mass is 32.7. The Morgan fingerprint density at radius 3 is 2.27 bits per heavy atom. The molecule has 8 rings (SSSR count). The van der Waals surface area contributed by atoms with Crippen molar-refractivity contribution in [3.8, 4) is 0 Å². The van der Waals surface area contributed by atoms with Crippen molar-refractivity contribution in [3.63, 3.8) is 0 Å². The summed E-state index contributed by atoms with van der Waals surface area (Å²) >= 11 is 0.670. The van der Waals surface area contributed by atoms with Gasteiger partial charge in [0.15, 0.2) is 47.4 Å². The summed E-state index contributed by atoms with van der Waals surface area (Å²) in [6.07, 6.45) is -7.18. The fourth-order valence-corrected chi connectivity index (χ4v) is 11.8. The number of unbranched alkanes of at least 4 members (excludes halogenated alkanes) is 2. The SMILES string of the molecule is B[P@]1(=O)OC[C@H]2O[C@@H](n3cnc4c(N)ncnc43)[C@H](F)[C@@H]2OP(=O)(SCc2ccc(NC(=O)CNC(=O)CCCCC)cc2)OC[C@H]2O[C@@H](n3cnc4c(=O)[nH]c(N)nc43)[C@H](F)[C@@H]2O1. The highest BCUT2D eigenvalue weighted by Crippen LogP contribution is 2.65. The summed E-state index contributed by atoms with van der Waals surface area (Å²) in [5.41, 5.74) is 12.0. The van der Waals surface area contributed by atoms with Gasteiger partial charge in [-0.05, 0) is 35.5 Å². The predicted molar refractivity (Wildman–Crippen MR) is 229 cm³/mol. The number of hydrogen-bond donors (Lipinski definition) is 5. The molecule has 1 unspecified atom stereocenters. The van der Waals surface area contributed by atoms with E-state index in [2.05, 4.69) is 40.5 Å². The Balaban J connectivity index is 1.04. The largest absolute Gasteiger partial charge is 0.389 e. The summed E-state index contributed by atoms with van der Waals surface area (Å²) in [4.78, 5) is 59.7. The molecule has 3 saturated heterocycles. The number of halogens is 2. The number of amides is 2. The number of alkyl halides is 2. The fourth-order valence-electron chi connectivity index (χ4n) is 7.26. The van der Waals surface area contributed by atoms with Gasteiger partial charge in [0.05, 0.1) is 32.4 Å². The zero-order chi connectivity index (χ0) is 45.3. The van der Waals surface area contributed by atoms with Gasteiger partial charge in [-0.3, -0.25) is 42.1 Å². The number of fused-ring (bicyclic) bond motifs is 4. The number of nitrogen functional groups attached to an aromatic ring is 2. The molecule has 29 heteroatoms. The Morgan fingerprint density at radius 1 is 0.906 bits per heavy atom. The van der Waals surface area contributed by atoms with Crippen molar-refractivity contribution < 1.29 is 55.1 Å². The number of H-pyrrole nitrogens is 1. The van der Waals surface area contributed by atoms with Gasteiger partial charge in [0.25, 0.3) is 20.6 Å². The van der Waals surface area contributed by atoms with E-state index in [9.17, 15) is 23.5 Å². The number of nitrogens with one attached hydrogen (secondary N) is 3. The number of nitrogens with two attached hydrogens (primary N) is 2. The second-order valence-electron chi connectivity index (χ2n) is 15.1. The summed E-state index contributed by atoms with van der Waals surface area (Å²) in [6, 6.07) is 6.46. The maximum Gasteiger partial charge on any atom is 0.389 e. The quantitative estimate of drug-likeness (QED) is 0.0682. The number of aromatic amines is 1. The molecular formula is C35H43BF2N12O11P2S. The fraction of sp³-hybridized carbons (Fsp3) is 0.486. The molecule has 0 aliphatic carbocycles. The van der Waals surface area contributed by atoms with Crippen molar-refractivity contribution in [2.45, 2.75) is 87.6 Å². The second kappa shape index (κ2) is 18.9. The van der Waals surface area contributed by atoms with Gasteiger partial charge in [-0.15, -0.1) is 0 Å². The number of carbonyl (C=O) groups excluding carboxylic acids is 2. The minimum absolute atomic E-state index is 0.0233. The molecule has 7 heterocycles. The number of rotatable bonds is 12. The Labute approximate surface area is 366 Å². The lowest BCUT2D eigenvalue weighted by Gasteiger charge is -2.30. The molecule has 0 saturated carbocycles. The Bertz CT molecular complexity index is 2680. The van der Waals surface area contributed by atoms with E-state index in [-0.39, 0.29) is 52.3 Å². The van der Waals surface area contributed by atoms with Crippen LogP contribution in [0.5, 0.6) is 0 Å². The third-order valence-corrected chi connectivity index (χ3v) is 15.3. The molecule has 3 aliphatic rings. The first kappa shape index (κ1) is 45.7. The van der Waals surface area contributed by atoms with Gasteiger partial charge >= 0.3 is 6.80 Å². The van der Waals surface area contributed by atoms with Crippen molar-refractivity contribution >= 4 is 84.8 Å². The molecule has 342 valence electrons. The summed E-state index contributed by atoms with van der Waals surface area (Å²) in [6.45, 7) is -4.11. The standard InChI is InChI=1S/C35H43BF2N12O11P2S/c1-2-3-4-5-21(51)41-10-22(52)46-18-8-6-17(7-9-18)13-64-63(55)57-12-20-27(23(37)34(59-20)50-16-45-26-31(50)47-35(40)48-32(26)53)60-62(36,54)56-11-19-28(61-63)24(38)33(58-19)49-15-44-25-29(39)42-14-43-30(25)49/h6-9,14-16,19-20,23-24,27-28,33-34H,2-5,10-13,36H2,1H3,(H,41,51)(H,46,52)(H2,39,42,43)(H3,40,47,48,53)/t19-,20-,23-,24-,27-,28-,33-,34-,62+,63?/m1/s1. The minimum atomic E-state index is -4.55. The number of aromatic nitrogens is 8. The average Bonchev–Trinajstić information content (AvgIpc) is 4.03. The summed E-state index contributed by atoms with van der Waals surface area (Å²) < 4.78 is 100. The van der Waals surface area contributed by atoms with E-state index in [0.717, 1.165) is 44.1 Å². The van der Waals surface area contributed by atoms with Crippen molar-refractivity contribution in [1.29, 1.82) is 0 Å². The van der Waals surface area contributed by atoms with Crippen LogP contribution < -0.4 is 27.7 Å². The topological polar surface area (TPSA) is 307 Å². The lowest BCUT2D eigenvalue weighted by Crippen LogP contribution is -2.37. The van der Waals surface area contributed by atoms with E-state index in [4.69, 9.17) is 39.0 Å². The normalized spacial score (nSPS) is 29.7. The zero-order valence-corrected chi connectivity index (χ0v) is 36.8. The Morgan fingerprint density at radius 2 is 1.56 bits per heavy atom. The molecule has 5 aromatic rings. The second-order valence-corrected chi connectivity index (χ2v) is 21.1. The van der Waals surface area contributed by atoms with Gasteiger partial charge in [0.2, 0.25) is 17.8 Å².